The van der Waals surface area contributed by atoms with Crippen molar-refractivity contribution in [2.24, 2.45) is 0 Å². The summed E-state index contributed by atoms with van der Waals surface area (Å²) in [6.07, 6.45) is -2.25. The molecule has 0 amide bonds. The summed E-state index contributed by atoms with van der Waals surface area (Å²) in [5.41, 5.74) is -1.10. The van der Waals surface area contributed by atoms with Crippen LogP contribution in [0.2, 0.25) is 0 Å². The van der Waals surface area contributed by atoms with E-state index in [4.69, 9.17) is 0 Å². The molecule has 0 aliphatic carbocycles. The van der Waals surface area contributed by atoms with E-state index in [1.807, 2.05) is 0 Å². The number of hydrogen-bond donors (Lipinski definition) is 0. The fraction of sp³-hybridized carbons (Fsp3) is 0.222. The van der Waals surface area contributed by atoms with Gasteiger partial charge in [0.1, 0.15) is 0 Å². The van der Waals surface area contributed by atoms with Crippen molar-refractivity contribution in [2.45, 2.75) is 6.61 Å². The molecule has 0 saturated carbocycles. The van der Waals surface area contributed by atoms with E-state index in [1.54, 1.807) is 0 Å². The molecule has 0 aliphatic heterocycles. The minimum absolute atomic E-state index is 0.0880. The van der Waals surface area contributed by atoms with Gasteiger partial charge in [0.25, 0.3) is 0 Å². The summed E-state index contributed by atoms with van der Waals surface area (Å²) >= 11 is 0. The van der Waals surface area contributed by atoms with E-state index in [2.05, 4.69) is 4.74 Å². The first-order valence-corrected chi connectivity index (χ1v) is 3.72. The second-order valence-electron chi connectivity index (χ2n) is 2.59. The Labute approximate surface area is 78.3 Å². The van der Waals surface area contributed by atoms with Gasteiger partial charge in [0.15, 0.2) is 11.6 Å². The van der Waals surface area contributed by atoms with E-state index in [-0.39, 0.29) is 12.2 Å². The van der Waals surface area contributed by atoms with Crippen LogP contribution in [-0.2, 0) is 11.3 Å². The van der Waals surface area contributed by atoms with Gasteiger partial charge in [0, 0.05) is 12.7 Å². The van der Waals surface area contributed by atoms with Gasteiger partial charge in [0.05, 0.1) is 12.2 Å². The molecule has 0 atom stereocenters. The van der Waals surface area contributed by atoms with Crippen LogP contribution in [0.1, 0.15) is 11.1 Å². The standard InChI is InChI=1S/C9H7F4O/c1-14-4-5-2-3-6(9(12)13)8(11)7(5)10/h2-3H,4H2,1H3. The summed E-state index contributed by atoms with van der Waals surface area (Å²) in [4.78, 5) is 0. The lowest BCUT2D eigenvalue weighted by Crippen LogP contribution is -2.01. The van der Waals surface area contributed by atoms with Crippen molar-refractivity contribution in [3.8, 4) is 0 Å². The van der Waals surface area contributed by atoms with Crippen LogP contribution in [0, 0.1) is 18.1 Å². The van der Waals surface area contributed by atoms with Crippen molar-refractivity contribution in [3.63, 3.8) is 0 Å². The molecule has 0 aromatic heterocycles. The molecule has 77 valence electrons. The van der Waals surface area contributed by atoms with Gasteiger partial charge in [-0.2, -0.15) is 8.78 Å². The largest absolute Gasteiger partial charge is 0.380 e. The highest BCUT2D eigenvalue weighted by Gasteiger charge is 2.20. The van der Waals surface area contributed by atoms with Gasteiger partial charge >= 0.3 is 6.43 Å². The third-order valence-corrected chi connectivity index (χ3v) is 1.67. The SMILES string of the molecule is COCc1ccc([C](F)F)c(F)c1F. The molecule has 14 heavy (non-hydrogen) atoms. The molecule has 0 fully saturated rings. The van der Waals surface area contributed by atoms with Gasteiger partial charge in [-0.1, -0.05) is 6.07 Å². The fourth-order valence-electron chi connectivity index (χ4n) is 1.00. The van der Waals surface area contributed by atoms with E-state index in [0.29, 0.717) is 0 Å². The summed E-state index contributed by atoms with van der Waals surface area (Å²) in [7, 11) is 1.30. The molecule has 0 heterocycles. The summed E-state index contributed by atoms with van der Waals surface area (Å²) in [5.74, 6) is -2.84. The molecule has 1 rings (SSSR count). The number of rotatable bonds is 3. The first kappa shape index (κ1) is 11.0. The van der Waals surface area contributed by atoms with Crippen LogP contribution < -0.4 is 0 Å². The molecular formula is C9H7F4O. The Morgan fingerprint density at radius 3 is 2.36 bits per heavy atom. The lowest BCUT2D eigenvalue weighted by Gasteiger charge is -2.05. The lowest BCUT2D eigenvalue weighted by molar-refractivity contribution is 0.180. The molecule has 0 unspecified atom stereocenters. The quantitative estimate of drug-likeness (QED) is 0.692. The van der Waals surface area contributed by atoms with Crippen LogP contribution in [0.25, 0.3) is 0 Å². The van der Waals surface area contributed by atoms with Crippen molar-refractivity contribution >= 4 is 0 Å². The number of ether oxygens (including phenoxy) is 1. The molecule has 0 spiro atoms. The van der Waals surface area contributed by atoms with Gasteiger partial charge in [0.2, 0.25) is 0 Å². The van der Waals surface area contributed by atoms with E-state index in [9.17, 15) is 17.6 Å². The average molecular weight is 207 g/mol. The van der Waals surface area contributed by atoms with Crippen LogP contribution in [0.3, 0.4) is 0 Å². The molecule has 0 N–H and O–H groups in total. The highest BCUT2D eigenvalue weighted by Crippen LogP contribution is 2.24. The average Bonchev–Trinajstić information content (AvgIpc) is 2.13. The molecule has 1 radical (unpaired) electrons. The molecular weight excluding hydrogens is 200 g/mol. The zero-order chi connectivity index (χ0) is 10.7. The highest BCUT2D eigenvalue weighted by molar-refractivity contribution is 5.31. The maximum absolute atomic E-state index is 13.0. The summed E-state index contributed by atoms with van der Waals surface area (Å²) in [5, 5.41) is 0. The van der Waals surface area contributed by atoms with E-state index < -0.39 is 23.6 Å². The maximum Gasteiger partial charge on any atom is 0.342 e. The van der Waals surface area contributed by atoms with Gasteiger partial charge in [-0.3, -0.25) is 0 Å². The minimum Gasteiger partial charge on any atom is -0.380 e. The Balaban J connectivity index is 3.12. The van der Waals surface area contributed by atoms with Gasteiger partial charge in [-0.25, -0.2) is 8.78 Å². The third-order valence-electron chi connectivity index (χ3n) is 1.67. The number of hydrogen-bond acceptors (Lipinski definition) is 1. The monoisotopic (exact) mass is 207 g/mol. The summed E-state index contributed by atoms with van der Waals surface area (Å²) in [6.45, 7) is -0.156. The second-order valence-corrected chi connectivity index (χ2v) is 2.59. The topological polar surface area (TPSA) is 9.23 Å². The van der Waals surface area contributed by atoms with Gasteiger partial charge in [-0.05, 0) is 6.07 Å². The van der Waals surface area contributed by atoms with Crippen molar-refractivity contribution in [1.29, 1.82) is 0 Å². The molecule has 1 aromatic carbocycles. The van der Waals surface area contributed by atoms with Gasteiger partial charge in [-0.15, -0.1) is 0 Å². The van der Waals surface area contributed by atoms with Crippen molar-refractivity contribution in [2.75, 3.05) is 7.11 Å². The van der Waals surface area contributed by atoms with Crippen LogP contribution in [0.15, 0.2) is 12.1 Å². The van der Waals surface area contributed by atoms with Crippen LogP contribution >= 0.6 is 0 Å². The third kappa shape index (κ3) is 2.04. The minimum atomic E-state index is -2.25. The molecule has 1 nitrogen and oxygen atoms in total. The first-order chi connectivity index (χ1) is 6.57. The van der Waals surface area contributed by atoms with E-state index in [1.165, 1.54) is 7.11 Å². The molecule has 0 aliphatic rings. The first-order valence-electron chi connectivity index (χ1n) is 3.72. The van der Waals surface area contributed by atoms with Crippen molar-refractivity contribution in [3.05, 3.63) is 41.3 Å². The van der Waals surface area contributed by atoms with Crippen molar-refractivity contribution in [1.82, 2.24) is 0 Å². The highest BCUT2D eigenvalue weighted by atomic mass is 19.3. The van der Waals surface area contributed by atoms with Crippen LogP contribution in [-0.4, -0.2) is 7.11 Å². The molecule has 5 heteroatoms. The van der Waals surface area contributed by atoms with E-state index >= 15 is 0 Å². The second kappa shape index (κ2) is 4.41. The Kier molecular flexibility index (Phi) is 3.46. The van der Waals surface area contributed by atoms with Crippen molar-refractivity contribution < 1.29 is 22.3 Å². The summed E-state index contributed by atoms with van der Waals surface area (Å²) in [6, 6.07) is 1.89. The van der Waals surface area contributed by atoms with E-state index in [0.717, 1.165) is 12.1 Å². The Morgan fingerprint density at radius 1 is 1.21 bits per heavy atom. The number of benzene rings is 1. The van der Waals surface area contributed by atoms with Crippen LogP contribution in [0.5, 0.6) is 0 Å². The summed E-state index contributed by atoms with van der Waals surface area (Å²) < 4.78 is 54.5. The maximum atomic E-state index is 13.0. The predicted molar refractivity (Wildman–Crippen MR) is 41.6 cm³/mol. The lowest BCUT2D eigenvalue weighted by atomic mass is 10.1. The molecule has 1 aromatic rings. The number of halogens is 4. The fourth-order valence-corrected chi connectivity index (χ4v) is 1.00. The zero-order valence-electron chi connectivity index (χ0n) is 7.28. The predicted octanol–water partition coefficient (Wildman–Crippen LogP) is 2.89. The Bertz CT molecular complexity index is 325. The Hall–Kier alpha value is -1.10. The van der Waals surface area contributed by atoms with Gasteiger partial charge < -0.3 is 4.74 Å². The molecule has 0 bridgehead atoms. The normalized spacial score (nSPS) is 11.0. The molecule has 0 saturated heterocycles. The van der Waals surface area contributed by atoms with Crippen LogP contribution in [0.4, 0.5) is 17.6 Å². The Morgan fingerprint density at radius 2 is 1.86 bits per heavy atom. The number of methoxy groups -OCH3 is 1. The zero-order valence-corrected chi connectivity index (χ0v) is 7.28. The smallest absolute Gasteiger partial charge is 0.342 e.